The van der Waals surface area contributed by atoms with Gasteiger partial charge in [-0.1, -0.05) is 12.1 Å². The SMILES string of the molecule is CCN1C[C@H](CN(C)C(=O)[C@H](C)S(C)(=O)=O)Oc2ccccc21. The number of carbonyl (C=O) groups is 1. The summed E-state index contributed by atoms with van der Waals surface area (Å²) in [6, 6.07) is 7.80. The maximum absolute atomic E-state index is 12.2. The van der Waals surface area contributed by atoms with Crippen LogP contribution in [0.2, 0.25) is 0 Å². The second-order valence-electron chi connectivity index (χ2n) is 5.94. The van der Waals surface area contributed by atoms with Gasteiger partial charge in [0.1, 0.15) is 17.1 Å². The van der Waals surface area contributed by atoms with Crippen LogP contribution in [-0.2, 0) is 14.6 Å². The molecule has 0 aliphatic carbocycles. The molecule has 1 aromatic rings. The van der Waals surface area contributed by atoms with Crippen LogP contribution in [0.25, 0.3) is 0 Å². The Hall–Kier alpha value is -1.76. The number of amides is 1. The molecular formula is C16H24N2O4S. The molecule has 1 aliphatic rings. The monoisotopic (exact) mass is 340 g/mol. The smallest absolute Gasteiger partial charge is 0.240 e. The fourth-order valence-corrected chi connectivity index (χ4v) is 3.21. The number of hydrogen-bond donors (Lipinski definition) is 0. The second-order valence-corrected chi connectivity index (χ2v) is 8.30. The number of nitrogens with zero attached hydrogens (tertiary/aromatic N) is 2. The Morgan fingerprint density at radius 2 is 2.09 bits per heavy atom. The quantitative estimate of drug-likeness (QED) is 0.805. The number of carbonyl (C=O) groups excluding carboxylic acids is 1. The van der Waals surface area contributed by atoms with Crippen LogP contribution in [0.4, 0.5) is 5.69 Å². The molecule has 0 N–H and O–H groups in total. The summed E-state index contributed by atoms with van der Waals surface area (Å²) in [6.45, 7) is 5.35. The van der Waals surface area contributed by atoms with Crippen LogP contribution in [0.3, 0.4) is 0 Å². The molecule has 23 heavy (non-hydrogen) atoms. The Labute approximate surface area is 137 Å². The molecule has 0 fully saturated rings. The summed E-state index contributed by atoms with van der Waals surface area (Å²) in [5.74, 6) is 0.389. The van der Waals surface area contributed by atoms with Crippen molar-refractivity contribution in [1.29, 1.82) is 0 Å². The minimum absolute atomic E-state index is 0.189. The minimum atomic E-state index is -3.39. The van der Waals surface area contributed by atoms with Crippen LogP contribution < -0.4 is 9.64 Å². The number of likely N-dealkylation sites (N-methyl/N-ethyl adjacent to an activating group) is 2. The molecule has 1 heterocycles. The fraction of sp³-hybridized carbons (Fsp3) is 0.562. The number of rotatable bonds is 5. The van der Waals surface area contributed by atoms with Crippen LogP contribution in [0.5, 0.6) is 5.75 Å². The highest BCUT2D eigenvalue weighted by atomic mass is 32.2. The summed E-state index contributed by atoms with van der Waals surface area (Å²) >= 11 is 0. The summed E-state index contributed by atoms with van der Waals surface area (Å²) in [5.41, 5.74) is 1.05. The Morgan fingerprint density at radius 3 is 2.70 bits per heavy atom. The number of hydrogen-bond acceptors (Lipinski definition) is 5. The van der Waals surface area contributed by atoms with Gasteiger partial charge < -0.3 is 14.5 Å². The summed E-state index contributed by atoms with van der Waals surface area (Å²) in [4.78, 5) is 15.9. The highest BCUT2D eigenvalue weighted by Crippen LogP contribution is 2.32. The van der Waals surface area contributed by atoms with E-state index in [2.05, 4.69) is 11.8 Å². The minimum Gasteiger partial charge on any atom is -0.485 e. The average Bonchev–Trinajstić information content (AvgIpc) is 2.51. The number of benzene rings is 1. The van der Waals surface area contributed by atoms with E-state index in [0.29, 0.717) is 13.1 Å². The van der Waals surface area contributed by atoms with E-state index < -0.39 is 21.0 Å². The molecule has 1 amide bonds. The van der Waals surface area contributed by atoms with Gasteiger partial charge in [0.2, 0.25) is 5.91 Å². The van der Waals surface area contributed by atoms with Gasteiger partial charge in [-0.05, 0) is 26.0 Å². The van der Waals surface area contributed by atoms with Crippen molar-refractivity contribution in [2.45, 2.75) is 25.2 Å². The number of ether oxygens (including phenoxy) is 1. The van der Waals surface area contributed by atoms with Crippen LogP contribution in [0.1, 0.15) is 13.8 Å². The molecule has 1 aromatic carbocycles. The van der Waals surface area contributed by atoms with Crippen molar-refractivity contribution < 1.29 is 17.9 Å². The first-order chi connectivity index (χ1) is 10.7. The largest absolute Gasteiger partial charge is 0.485 e. The van der Waals surface area contributed by atoms with Gasteiger partial charge in [0, 0.05) is 19.8 Å². The second kappa shape index (κ2) is 6.78. The lowest BCUT2D eigenvalue weighted by atomic mass is 10.2. The van der Waals surface area contributed by atoms with Crippen LogP contribution >= 0.6 is 0 Å². The van der Waals surface area contributed by atoms with Gasteiger partial charge in [0.25, 0.3) is 0 Å². The lowest BCUT2D eigenvalue weighted by Crippen LogP contribution is -2.49. The first-order valence-electron chi connectivity index (χ1n) is 7.68. The molecule has 0 saturated carbocycles. The van der Waals surface area contributed by atoms with E-state index in [9.17, 15) is 13.2 Å². The van der Waals surface area contributed by atoms with Crippen molar-refractivity contribution in [3.05, 3.63) is 24.3 Å². The average molecular weight is 340 g/mol. The fourth-order valence-electron chi connectivity index (χ4n) is 2.66. The van der Waals surface area contributed by atoms with E-state index in [1.54, 1.807) is 7.05 Å². The zero-order valence-corrected chi connectivity index (χ0v) is 14.8. The van der Waals surface area contributed by atoms with Crippen molar-refractivity contribution in [2.75, 3.05) is 37.8 Å². The Bertz CT molecular complexity index is 674. The van der Waals surface area contributed by atoms with Crippen molar-refractivity contribution in [1.82, 2.24) is 4.90 Å². The van der Waals surface area contributed by atoms with Crippen molar-refractivity contribution in [3.8, 4) is 5.75 Å². The van der Waals surface area contributed by atoms with Crippen LogP contribution in [0.15, 0.2) is 24.3 Å². The molecule has 2 rings (SSSR count). The predicted molar refractivity (Wildman–Crippen MR) is 90.7 cm³/mol. The maximum atomic E-state index is 12.2. The predicted octanol–water partition coefficient (Wildman–Crippen LogP) is 1.17. The van der Waals surface area contributed by atoms with Crippen molar-refractivity contribution in [3.63, 3.8) is 0 Å². The van der Waals surface area contributed by atoms with Crippen molar-refractivity contribution in [2.24, 2.45) is 0 Å². The van der Waals surface area contributed by atoms with Gasteiger partial charge in [0.15, 0.2) is 9.84 Å². The van der Waals surface area contributed by atoms with E-state index >= 15 is 0 Å². The van der Waals surface area contributed by atoms with Crippen LogP contribution in [0, 0.1) is 0 Å². The van der Waals surface area contributed by atoms with E-state index in [1.807, 2.05) is 24.3 Å². The lowest BCUT2D eigenvalue weighted by molar-refractivity contribution is -0.130. The van der Waals surface area contributed by atoms with Gasteiger partial charge >= 0.3 is 0 Å². The van der Waals surface area contributed by atoms with E-state index in [1.165, 1.54) is 11.8 Å². The molecule has 0 spiro atoms. The highest BCUT2D eigenvalue weighted by Gasteiger charge is 2.30. The molecule has 1 aliphatic heterocycles. The molecule has 6 nitrogen and oxygen atoms in total. The lowest BCUT2D eigenvalue weighted by Gasteiger charge is -2.37. The highest BCUT2D eigenvalue weighted by molar-refractivity contribution is 7.92. The third-order valence-corrected chi connectivity index (χ3v) is 5.64. The van der Waals surface area contributed by atoms with E-state index in [4.69, 9.17) is 4.74 Å². The zero-order valence-electron chi connectivity index (χ0n) is 14.0. The molecular weight excluding hydrogens is 316 g/mol. The number of sulfone groups is 1. The maximum Gasteiger partial charge on any atom is 0.240 e. The standard InChI is InChI=1S/C16H24N2O4S/c1-5-18-11-13(22-15-9-7-6-8-14(15)18)10-17(3)16(19)12(2)23(4,20)21/h6-9,12-13H,5,10-11H2,1-4H3/t12-,13-/m0/s1. The molecule has 7 heteroatoms. The van der Waals surface area contributed by atoms with Crippen molar-refractivity contribution >= 4 is 21.4 Å². The first-order valence-corrected chi connectivity index (χ1v) is 9.64. The van der Waals surface area contributed by atoms with Gasteiger partial charge in [-0.25, -0.2) is 8.42 Å². The van der Waals surface area contributed by atoms with E-state index in [-0.39, 0.29) is 6.10 Å². The first kappa shape index (κ1) is 17.6. The van der Waals surface area contributed by atoms with Gasteiger partial charge in [-0.3, -0.25) is 4.79 Å². The molecule has 2 atom stereocenters. The Kier molecular flexibility index (Phi) is 5.19. The third kappa shape index (κ3) is 3.96. The topological polar surface area (TPSA) is 66.9 Å². The Morgan fingerprint density at radius 1 is 1.43 bits per heavy atom. The molecule has 128 valence electrons. The molecule has 0 radical (unpaired) electrons. The number of para-hydroxylation sites is 2. The molecule has 0 bridgehead atoms. The molecule has 0 saturated heterocycles. The van der Waals surface area contributed by atoms with Gasteiger partial charge in [-0.15, -0.1) is 0 Å². The summed E-state index contributed by atoms with van der Waals surface area (Å²) in [5, 5.41) is -1.04. The van der Waals surface area contributed by atoms with Gasteiger partial charge in [-0.2, -0.15) is 0 Å². The summed E-state index contributed by atoms with van der Waals surface area (Å²) in [6.07, 6.45) is 0.890. The summed E-state index contributed by atoms with van der Waals surface area (Å²) < 4.78 is 29.1. The summed E-state index contributed by atoms with van der Waals surface area (Å²) in [7, 11) is -1.78. The molecule has 0 unspecified atom stereocenters. The number of anilines is 1. The normalized spacial score (nSPS) is 18.8. The van der Waals surface area contributed by atoms with Crippen LogP contribution in [-0.4, -0.2) is 63.5 Å². The molecule has 0 aromatic heterocycles. The third-order valence-electron chi connectivity index (χ3n) is 4.15. The Balaban J connectivity index is 2.08. The van der Waals surface area contributed by atoms with Gasteiger partial charge in [0.05, 0.1) is 18.8 Å². The number of fused-ring (bicyclic) bond motifs is 1. The zero-order chi connectivity index (χ0) is 17.2. The van der Waals surface area contributed by atoms with E-state index in [0.717, 1.165) is 24.2 Å².